The van der Waals surface area contributed by atoms with Crippen molar-refractivity contribution in [1.82, 2.24) is 5.32 Å². The van der Waals surface area contributed by atoms with Crippen LogP contribution in [0.5, 0.6) is 5.75 Å². The number of hydrogen-bond acceptors (Lipinski definition) is 3. The van der Waals surface area contributed by atoms with Crippen molar-refractivity contribution in [3.63, 3.8) is 0 Å². The minimum absolute atomic E-state index is 0.0987. The van der Waals surface area contributed by atoms with E-state index in [4.69, 9.17) is 18.0 Å². The molecule has 0 heterocycles. The topological polar surface area (TPSA) is 75.3 Å². The number of hydrogen-bond donors (Lipinski definition) is 3. The van der Waals surface area contributed by atoms with Crippen LogP contribution in [0.3, 0.4) is 0 Å². The summed E-state index contributed by atoms with van der Waals surface area (Å²) in [6.07, 6.45) is 2.08. The summed E-state index contributed by atoms with van der Waals surface area (Å²) in [4.78, 5) is 12.3. The van der Waals surface area contributed by atoms with Crippen molar-refractivity contribution in [2.24, 2.45) is 11.7 Å². The number of carbonyl (C=O) groups excluding carboxylic acids is 1. The molecule has 2 rings (SSSR count). The number of phenols is 1. The molecule has 1 amide bonds. The Balaban J connectivity index is 2.10. The number of carbonyl (C=O) groups is 1. The Kier molecular flexibility index (Phi) is 4.06. The molecule has 18 heavy (non-hydrogen) atoms. The Bertz CT molecular complexity index is 503. The highest BCUT2D eigenvalue weighted by Gasteiger charge is 2.34. The summed E-state index contributed by atoms with van der Waals surface area (Å²) >= 11 is 6.96. The van der Waals surface area contributed by atoms with Crippen molar-refractivity contribution in [1.29, 1.82) is 0 Å². The normalized spacial score (nSPS) is 16.1. The number of phenolic OH excluding ortho intramolecular Hbond substituents is 1. The van der Waals surface area contributed by atoms with Crippen LogP contribution in [0, 0.1) is 9.49 Å². The van der Waals surface area contributed by atoms with Crippen molar-refractivity contribution in [2.45, 2.75) is 18.9 Å². The number of aromatic hydroxyl groups is 1. The van der Waals surface area contributed by atoms with Gasteiger partial charge < -0.3 is 16.2 Å². The van der Waals surface area contributed by atoms with Gasteiger partial charge in [0.2, 0.25) is 0 Å². The fraction of sp³-hybridized carbons (Fsp3) is 0.333. The highest BCUT2D eigenvalue weighted by atomic mass is 127. The first-order valence-corrected chi connectivity index (χ1v) is 7.06. The SMILES string of the molecule is NC(=S)C(NC(=O)c1ccc(I)c(O)c1)C1CC1. The zero-order chi connectivity index (χ0) is 13.3. The molecule has 0 saturated heterocycles. The standard InChI is InChI=1S/C12H13IN2O2S/c13-8-4-3-7(5-9(8)16)12(17)15-10(11(14)18)6-1-2-6/h3-6,10,16H,1-2H2,(H2,14,18)(H,15,17). The second-order valence-electron chi connectivity index (χ2n) is 4.36. The lowest BCUT2D eigenvalue weighted by Gasteiger charge is -2.16. The fourth-order valence-corrected chi connectivity index (χ4v) is 2.32. The number of benzene rings is 1. The first kappa shape index (κ1) is 13.5. The van der Waals surface area contributed by atoms with Crippen LogP contribution in [-0.2, 0) is 0 Å². The molecule has 0 bridgehead atoms. The van der Waals surface area contributed by atoms with Gasteiger partial charge in [0.05, 0.1) is 14.6 Å². The summed E-state index contributed by atoms with van der Waals surface area (Å²) < 4.78 is 0.706. The predicted octanol–water partition coefficient (Wildman–Crippen LogP) is 1.79. The first-order chi connectivity index (χ1) is 8.49. The van der Waals surface area contributed by atoms with Gasteiger partial charge in [0.25, 0.3) is 5.91 Å². The smallest absolute Gasteiger partial charge is 0.251 e. The first-order valence-electron chi connectivity index (χ1n) is 5.57. The lowest BCUT2D eigenvalue weighted by Crippen LogP contribution is -2.45. The van der Waals surface area contributed by atoms with Gasteiger partial charge >= 0.3 is 0 Å². The van der Waals surface area contributed by atoms with Crippen LogP contribution in [-0.4, -0.2) is 22.0 Å². The monoisotopic (exact) mass is 376 g/mol. The van der Waals surface area contributed by atoms with Crippen LogP contribution in [0.25, 0.3) is 0 Å². The van der Waals surface area contributed by atoms with E-state index >= 15 is 0 Å². The minimum Gasteiger partial charge on any atom is -0.507 e. The Labute approximate surface area is 124 Å². The molecular weight excluding hydrogens is 363 g/mol. The number of nitrogens with two attached hydrogens (primary N) is 1. The Hall–Kier alpha value is -0.890. The maximum absolute atomic E-state index is 12.0. The number of halogens is 1. The zero-order valence-electron chi connectivity index (χ0n) is 9.52. The molecule has 1 aliphatic carbocycles. The zero-order valence-corrected chi connectivity index (χ0v) is 12.5. The number of thiocarbonyl (C=S) groups is 1. The predicted molar refractivity (Wildman–Crippen MR) is 81.6 cm³/mol. The number of nitrogens with one attached hydrogen (secondary N) is 1. The second kappa shape index (κ2) is 5.40. The van der Waals surface area contributed by atoms with E-state index in [1.165, 1.54) is 6.07 Å². The summed E-state index contributed by atoms with van der Waals surface area (Å²) in [5, 5.41) is 12.4. The lowest BCUT2D eigenvalue weighted by molar-refractivity contribution is 0.0943. The van der Waals surface area contributed by atoms with Gasteiger partial charge in [0, 0.05) is 5.56 Å². The Morgan fingerprint density at radius 3 is 2.72 bits per heavy atom. The lowest BCUT2D eigenvalue weighted by atomic mass is 10.1. The third kappa shape index (κ3) is 3.11. The molecule has 1 aromatic rings. The molecule has 0 spiro atoms. The highest BCUT2D eigenvalue weighted by Crippen LogP contribution is 2.33. The van der Waals surface area contributed by atoms with E-state index in [1.54, 1.807) is 12.1 Å². The molecule has 1 fully saturated rings. The fourth-order valence-electron chi connectivity index (χ4n) is 1.73. The van der Waals surface area contributed by atoms with Crippen molar-refractivity contribution in [3.05, 3.63) is 27.3 Å². The van der Waals surface area contributed by atoms with Crippen molar-refractivity contribution in [2.75, 3.05) is 0 Å². The van der Waals surface area contributed by atoms with Crippen LogP contribution in [0.2, 0.25) is 0 Å². The van der Waals surface area contributed by atoms with E-state index in [0.717, 1.165) is 12.8 Å². The molecule has 0 radical (unpaired) electrons. The second-order valence-corrected chi connectivity index (χ2v) is 5.99. The van der Waals surface area contributed by atoms with E-state index in [0.29, 0.717) is 20.0 Å². The van der Waals surface area contributed by atoms with Crippen LogP contribution in [0.15, 0.2) is 18.2 Å². The maximum atomic E-state index is 12.0. The van der Waals surface area contributed by atoms with Crippen molar-refractivity contribution < 1.29 is 9.90 Å². The molecule has 6 heteroatoms. The molecule has 1 saturated carbocycles. The van der Waals surface area contributed by atoms with Gasteiger partial charge in [-0.25, -0.2) is 0 Å². The van der Waals surface area contributed by atoms with Gasteiger partial charge in [-0.3, -0.25) is 4.79 Å². The molecule has 96 valence electrons. The molecule has 1 unspecified atom stereocenters. The van der Waals surface area contributed by atoms with Gasteiger partial charge in [-0.05, 0) is 59.5 Å². The average molecular weight is 376 g/mol. The van der Waals surface area contributed by atoms with E-state index in [2.05, 4.69) is 5.32 Å². The maximum Gasteiger partial charge on any atom is 0.251 e. The third-order valence-electron chi connectivity index (χ3n) is 2.89. The van der Waals surface area contributed by atoms with Crippen LogP contribution in [0.1, 0.15) is 23.2 Å². The summed E-state index contributed by atoms with van der Waals surface area (Å²) in [5.41, 5.74) is 6.04. The van der Waals surface area contributed by atoms with Gasteiger partial charge in [-0.1, -0.05) is 12.2 Å². The largest absolute Gasteiger partial charge is 0.507 e. The van der Waals surface area contributed by atoms with E-state index in [1.807, 2.05) is 22.6 Å². The minimum atomic E-state index is -0.258. The molecule has 4 N–H and O–H groups in total. The molecule has 0 aromatic heterocycles. The van der Waals surface area contributed by atoms with Gasteiger partial charge in [-0.2, -0.15) is 0 Å². The molecule has 1 aliphatic rings. The number of amides is 1. The van der Waals surface area contributed by atoms with Crippen LogP contribution < -0.4 is 11.1 Å². The molecular formula is C12H13IN2O2S. The van der Waals surface area contributed by atoms with Crippen molar-refractivity contribution >= 4 is 45.7 Å². The van der Waals surface area contributed by atoms with Crippen LogP contribution in [0.4, 0.5) is 0 Å². The quantitative estimate of drug-likeness (QED) is 0.553. The molecule has 4 nitrogen and oxygen atoms in total. The summed E-state index contributed by atoms with van der Waals surface area (Å²) in [6.45, 7) is 0. The van der Waals surface area contributed by atoms with E-state index in [-0.39, 0.29) is 17.7 Å². The molecule has 1 aromatic carbocycles. The highest BCUT2D eigenvalue weighted by molar-refractivity contribution is 14.1. The van der Waals surface area contributed by atoms with E-state index < -0.39 is 0 Å². The summed E-state index contributed by atoms with van der Waals surface area (Å²) in [6, 6.07) is 4.56. The van der Waals surface area contributed by atoms with Crippen molar-refractivity contribution in [3.8, 4) is 5.75 Å². The van der Waals surface area contributed by atoms with E-state index in [9.17, 15) is 9.90 Å². The van der Waals surface area contributed by atoms with Gasteiger partial charge in [-0.15, -0.1) is 0 Å². The third-order valence-corrected chi connectivity index (χ3v) is 4.06. The van der Waals surface area contributed by atoms with Gasteiger partial charge in [0.1, 0.15) is 5.75 Å². The number of rotatable bonds is 4. The Morgan fingerprint density at radius 1 is 1.56 bits per heavy atom. The van der Waals surface area contributed by atoms with Gasteiger partial charge in [0.15, 0.2) is 0 Å². The summed E-state index contributed by atoms with van der Waals surface area (Å²) in [7, 11) is 0. The summed E-state index contributed by atoms with van der Waals surface area (Å²) in [5.74, 6) is 0.205. The average Bonchev–Trinajstić information content (AvgIpc) is 3.13. The van der Waals surface area contributed by atoms with Crippen LogP contribution >= 0.6 is 34.8 Å². The Morgan fingerprint density at radius 2 is 2.22 bits per heavy atom. The molecule has 0 aliphatic heterocycles. The molecule has 1 atom stereocenters.